The number of nitrogens with two attached hydrogens (primary N) is 1. The summed E-state index contributed by atoms with van der Waals surface area (Å²) in [6, 6.07) is 4.54. The molecule has 92 valence electrons. The summed E-state index contributed by atoms with van der Waals surface area (Å²) in [5.74, 6) is 0.477. The number of benzene rings is 1. The van der Waals surface area contributed by atoms with E-state index in [2.05, 4.69) is 15.1 Å². The molecule has 3 N–H and O–H groups in total. The Morgan fingerprint density at radius 1 is 1.44 bits per heavy atom. The highest BCUT2D eigenvalue weighted by Gasteiger charge is 2.16. The lowest BCUT2D eigenvalue weighted by Gasteiger charge is -1.94. The average molecular weight is 246 g/mol. The largest absolute Gasteiger partial charge is 0.358 e. The molecule has 0 bridgehead atoms. The van der Waals surface area contributed by atoms with Crippen LogP contribution in [0.1, 0.15) is 11.6 Å². The first-order chi connectivity index (χ1) is 8.69. The van der Waals surface area contributed by atoms with Gasteiger partial charge in [0.15, 0.2) is 0 Å². The highest BCUT2D eigenvalue weighted by Crippen LogP contribution is 2.30. The third-order valence-electron chi connectivity index (χ3n) is 2.81. The van der Waals surface area contributed by atoms with Crippen LogP contribution in [0.2, 0.25) is 0 Å². The maximum Gasteiger partial charge on any atom is 0.240 e. The summed E-state index contributed by atoms with van der Waals surface area (Å²) in [5.41, 5.74) is 7.87. The zero-order valence-electron chi connectivity index (χ0n) is 9.70. The molecule has 0 aliphatic rings. The molecular formula is C12H11FN4O. The third-order valence-corrected chi connectivity index (χ3v) is 2.81. The Hall–Kier alpha value is -2.21. The standard InChI is InChI=1S/C12H11FN4O/c1-6-11(12-16-10(5-14)18-17-12)8-4-7(13)2-3-9(8)15-6/h2-4,15H,5,14H2,1H3. The minimum absolute atomic E-state index is 0.183. The van der Waals surface area contributed by atoms with E-state index in [9.17, 15) is 4.39 Å². The minimum atomic E-state index is -0.301. The van der Waals surface area contributed by atoms with E-state index in [1.807, 2.05) is 6.92 Å². The Balaban J connectivity index is 2.26. The number of hydrogen-bond acceptors (Lipinski definition) is 4. The van der Waals surface area contributed by atoms with Crippen molar-refractivity contribution in [2.45, 2.75) is 13.5 Å². The maximum atomic E-state index is 13.3. The fourth-order valence-corrected chi connectivity index (χ4v) is 2.03. The van der Waals surface area contributed by atoms with Crippen molar-refractivity contribution >= 4 is 10.9 Å². The maximum absolute atomic E-state index is 13.3. The number of halogens is 1. The predicted molar refractivity (Wildman–Crippen MR) is 64.2 cm³/mol. The molecule has 0 aliphatic carbocycles. The predicted octanol–water partition coefficient (Wildman–Crippen LogP) is 2.12. The number of aryl methyl sites for hydroxylation is 1. The van der Waals surface area contributed by atoms with E-state index in [1.165, 1.54) is 12.1 Å². The molecule has 0 amide bonds. The van der Waals surface area contributed by atoms with Crippen molar-refractivity contribution in [2.24, 2.45) is 5.73 Å². The van der Waals surface area contributed by atoms with Gasteiger partial charge in [0.2, 0.25) is 11.7 Å². The van der Waals surface area contributed by atoms with Crippen molar-refractivity contribution in [3.63, 3.8) is 0 Å². The summed E-state index contributed by atoms with van der Waals surface area (Å²) >= 11 is 0. The topological polar surface area (TPSA) is 80.7 Å². The second-order valence-corrected chi connectivity index (χ2v) is 4.03. The zero-order valence-corrected chi connectivity index (χ0v) is 9.70. The van der Waals surface area contributed by atoms with E-state index in [-0.39, 0.29) is 12.4 Å². The number of aromatic amines is 1. The molecule has 0 unspecified atom stereocenters. The van der Waals surface area contributed by atoms with Crippen LogP contribution >= 0.6 is 0 Å². The highest BCUT2D eigenvalue weighted by atomic mass is 19.1. The van der Waals surface area contributed by atoms with Gasteiger partial charge < -0.3 is 15.2 Å². The smallest absolute Gasteiger partial charge is 0.240 e. The summed E-state index contributed by atoms with van der Waals surface area (Å²) in [5, 5.41) is 4.59. The normalized spacial score (nSPS) is 11.3. The monoisotopic (exact) mass is 246 g/mol. The zero-order chi connectivity index (χ0) is 12.7. The van der Waals surface area contributed by atoms with Gasteiger partial charge in [-0.3, -0.25) is 0 Å². The molecule has 0 saturated heterocycles. The Morgan fingerprint density at radius 2 is 2.28 bits per heavy atom. The summed E-state index contributed by atoms with van der Waals surface area (Å²) < 4.78 is 18.3. The van der Waals surface area contributed by atoms with Crippen LogP contribution in [0.25, 0.3) is 22.3 Å². The van der Waals surface area contributed by atoms with E-state index in [1.54, 1.807) is 6.07 Å². The third kappa shape index (κ3) is 1.58. The lowest BCUT2D eigenvalue weighted by Crippen LogP contribution is -1.95. The molecule has 5 nitrogen and oxygen atoms in total. The number of H-pyrrole nitrogens is 1. The molecule has 2 aromatic heterocycles. The molecule has 18 heavy (non-hydrogen) atoms. The number of fused-ring (bicyclic) bond motifs is 1. The number of nitrogens with one attached hydrogen (secondary N) is 1. The van der Waals surface area contributed by atoms with Gasteiger partial charge in [0.1, 0.15) is 5.82 Å². The van der Waals surface area contributed by atoms with E-state index >= 15 is 0 Å². The Bertz CT molecular complexity index is 716. The fourth-order valence-electron chi connectivity index (χ4n) is 2.03. The van der Waals surface area contributed by atoms with Crippen molar-refractivity contribution in [1.82, 2.24) is 15.1 Å². The first-order valence-corrected chi connectivity index (χ1v) is 5.50. The molecule has 0 radical (unpaired) electrons. The van der Waals surface area contributed by atoms with Gasteiger partial charge in [-0.1, -0.05) is 5.16 Å². The first kappa shape index (κ1) is 10.9. The number of rotatable bonds is 2. The Kier molecular flexibility index (Phi) is 2.38. The summed E-state index contributed by atoms with van der Waals surface area (Å²) in [7, 11) is 0. The van der Waals surface area contributed by atoms with Crippen LogP contribution < -0.4 is 5.73 Å². The Labute approximate surface area is 102 Å². The molecule has 1 aromatic carbocycles. The molecule has 0 fully saturated rings. The quantitative estimate of drug-likeness (QED) is 0.725. The van der Waals surface area contributed by atoms with Gasteiger partial charge in [-0.25, -0.2) is 4.39 Å². The van der Waals surface area contributed by atoms with Crippen LogP contribution in [-0.4, -0.2) is 15.1 Å². The number of nitrogens with zero attached hydrogens (tertiary/aromatic N) is 2. The van der Waals surface area contributed by atoms with Crippen molar-refractivity contribution < 1.29 is 8.91 Å². The lowest BCUT2D eigenvalue weighted by atomic mass is 10.1. The van der Waals surface area contributed by atoms with Gasteiger partial charge in [0.25, 0.3) is 0 Å². The van der Waals surface area contributed by atoms with Crippen LogP contribution in [0.5, 0.6) is 0 Å². The van der Waals surface area contributed by atoms with Crippen molar-refractivity contribution in [3.8, 4) is 11.4 Å². The van der Waals surface area contributed by atoms with E-state index in [0.717, 1.165) is 22.2 Å². The molecule has 6 heteroatoms. The summed E-state index contributed by atoms with van der Waals surface area (Å²) in [6.45, 7) is 2.06. The highest BCUT2D eigenvalue weighted by molar-refractivity contribution is 5.95. The van der Waals surface area contributed by atoms with Gasteiger partial charge in [-0.15, -0.1) is 0 Å². The van der Waals surface area contributed by atoms with E-state index in [4.69, 9.17) is 10.3 Å². The van der Waals surface area contributed by atoms with Crippen LogP contribution in [0.4, 0.5) is 4.39 Å². The molecule has 3 rings (SSSR count). The summed E-state index contributed by atoms with van der Waals surface area (Å²) in [4.78, 5) is 7.33. The average Bonchev–Trinajstić information content (AvgIpc) is 2.92. The van der Waals surface area contributed by atoms with Crippen LogP contribution in [0.15, 0.2) is 22.7 Å². The van der Waals surface area contributed by atoms with Crippen LogP contribution in [0, 0.1) is 12.7 Å². The van der Waals surface area contributed by atoms with Gasteiger partial charge in [0.05, 0.1) is 12.1 Å². The Morgan fingerprint density at radius 3 is 3.00 bits per heavy atom. The van der Waals surface area contributed by atoms with Crippen molar-refractivity contribution in [3.05, 3.63) is 35.6 Å². The molecule has 0 saturated carbocycles. The van der Waals surface area contributed by atoms with Gasteiger partial charge in [0, 0.05) is 16.6 Å². The lowest BCUT2D eigenvalue weighted by molar-refractivity contribution is 0.380. The van der Waals surface area contributed by atoms with Crippen LogP contribution in [0.3, 0.4) is 0 Å². The van der Waals surface area contributed by atoms with E-state index in [0.29, 0.717) is 11.7 Å². The van der Waals surface area contributed by atoms with Crippen LogP contribution in [-0.2, 0) is 6.54 Å². The number of aromatic nitrogens is 3. The minimum Gasteiger partial charge on any atom is -0.358 e. The fraction of sp³-hybridized carbons (Fsp3) is 0.167. The molecule has 3 aromatic rings. The van der Waals surface area contributed by atoms with E-state index < -0.39 is 0 Å². The van der Waals surface area contributed by atoms with Gasteiger partial charge in [-0.2, -0.15) is 4.98 Å². The molecule has 0 atom stereocenters. The molecule has 0 spiro atoms. The summed E-state index contributed by atoms with van der Waals surface area (Å²) in [6.07, 6.45) is 0. The van der Waals surface area contributed by atoms with Gasteiger partial charge >= 0.3 is 0 Å². The molecule has 0 aliphatic heterocycles. The first-order valence-electron chi connectivity index (χ1n) is 5.50. The number of hydrogen-bond donors (Lipinski definition) is 2. The van der Waals surface area contributed by atoms with Gasteiger partial charge in [-0.05, 0) is 25.1 Å². The van der Waals surface area contributed by atoms with Crippen molar-refractivity contribution in [1.29, 1.82) is 0 Å². The van der Waals surface area contributed by atoms with Crippen molar-refractivity contribution in [2.75, 3.05) is 0 Å². The molecule has 2 heterocycles. The second-order valence-electron chi connectivity index (χ2n) is 4.03. The second kappa shape index (κ2) is 3.92. The SMILES string of the molecule is Cc1[nH]c2ccc(F)cc2c1-c1noc(CN)n1. The molecular weight excluding hydrogens is 235 g/mol.